The summed E-state index contributed by atoms with van der Waals surface area (Å²) in [5.74, 6) is 0.0936. The summed E-state index contributed by atoms with van der Waals surface area (Å²) in [6.45, 7) is 3.73. The lowest BCUT2D eigenvalue weighted by Crippen LogP contribution is -2.34. The Kier molecular flexibility index (Phi) is 4.95. The molecule has 0 aliphatic carbocycles. The van der Waals surface area contributed by atoms with E-state index in [1.54, 1.807) is 12.1 Å². The summed E-state index contributed by atoms with van der Waals surface area (Å²) in [6.07, 6.45) is 2.14. The highest BCUT2D eigenvalue weighted by Gasteiger charge is 2.25. The van der Waals surface area contributed by atoms with Crippen molar-refractivity contribution in [1.29, 1.82) is 0 Å². The van der Waals surface area contributed by atoms with Crippen molar-refractivity contribution in [2.75, 3.05) is 23.3 Å². The number of piperidine rings is 1. The molecule has 0 radical (unpaired) electrons. The highest BCUT2D eigenvalue weighted by Crippen LogP contribution is 2.33. The van der Waals surface area contributed by atoms with Crippen molar-refractivity contribution in [3.63, 3.8) is 0 Å². The molecular formula is C20H20N4O3S. The summed E-state index contributed by atoms with van der Waals surface area (Å²) < 4.78 is 0.971. The van der Waals surface area contributed by atoms with Crippen LogP contribution in [0.4, 0.5) is 16.5 Å². The van der Waals surface area contributed by atoms with Crippen molar-refractivity contribution < 1.29 is 9.72 Å². The fraction of sp³-hybridized carbons (Fsp3) is 0.300. The second-order valence-electron chi connectivity index (χ2n) is 7.09. The van der Waals surface area contributed by atoms with E-state index < -0.39 is 10.8 Å². The molecule has 1 unspecified atom stereocenters. The van der Waals surface area contributed by atoms with E-state index in [0.717, 1.165) is 36.1 Å². The van der Waals surface area contributed by atoms with Crippen LogP contribution in [0.15, 0.2) is 42.5 Å². The third-order valence-corrected chi connectivity index (χ3v) is 5.90. The summed E-state index contributed by atoms with van der Waals surface area (Å²) in [6, 6.07) is 12.3. The summed E-state index contributed by atoms with van der Waals surface area (Å²) in [4.78, 5) is 30.3. The first-order valence-corrected chi connectivity index (χ1v) is 10.0. The zero-order valence-electron chi connectivity index (χ0n) is 15.4. The predicted octanol–water partition coefficient (Wildman–Crippen LogP) is 4.69. The Morgan fingerprint density at radius 2 is 2.14 bits per heavy atom. The van der Waals surface area contributed by atoms with Crippen LogP contribution in [0.2, 0.25) is 0 Å². The number of nitro benzene ring substituents is 1. The van der Waals surface area contributed by atoms with Crippen molar-refractivity contribution in [3.8, 4) is 0 Å². The van der Waals surface area contributed by atoms with Gasteiger partial charge in [-0.05, 0) is 43.0 Å². The number of nitro groups is 1. The molecule has 28 heavy (non-hydrogen) atoms. The van der Waals surface area contributed by atoms with Crippen molar-refractivity contribution in [2.24, 2.45) is 5.92 Å². The number of anilines is 2. The quantitative estimate of drug-likeness (QED) is 0.510. The van der Waals surface area contributed by atoms with Gasteiger partial charge in [-0.3, -0.25) is 20.2 Å². The van der Waals surface area contributed by atoms with Gasteiger partial charge < -0.3 is 4.90 Å². The second-order valence-corrected chi connectivity index (χ2v) is 8.13. The van der Waals surface area contributed by atoms with E-state index in [-0.39, 0.29) is 11.3 Å². The third kappa shape index (κ3) is 3.68. The molecule has 4 rings (SSSR count). The van der Waals surface area contributed by atoms with E-state index in [2.05, 4.69) is 17.2 Å². The highest BCUT2D eigenvalue weighted by atomic mass is 32.1. The lowest BCUT2D eigenvalue weighted by Gasteiger charge is -2.32. The first-order valence-electron chi connectivity index (χ1n) is 9.21. The average Bonchev–Trinajstić information content (AvgIpc) is 3.09. The molecule has 8 heteroatoms. The molecule has 3 aromatic rings. The molecule has 1 saturated heterocycles. The predicted molar refractivity (Wildman–Crippen MR) is 111 cm³/mol. The van der Waals surface area contributed by atoms with Gasteiger partial charge in [-0.1, -0.05) is 30.4 Å². The van der Waals surface area contributed by atoms with E-state index in [1.165, 1.54) is 17.4 Å². The smallest absolute Gasteiger partial charge is 0.293 e. The van der Waals surface area contributed by atoms with Crippen LogP contribution in [0.1, 0.15) is 30.1 Å². The van der Waals surface area contributed by atoms with Crippen molar-refractivity contribution >= 4 is 44.0 Å². The van der Waals surface area contributed by atoms with Gasteiger partial charge in [-0.25, -0.2) is 4.98 Å². The number of amides is 1. The van der Waals surface area contributed by atoms with Crippen LogP contribution in [0, 0.1) is 16.0 Å². The van der Waals surface area contributed by atoms with E-state index >= 15 is 0 Å². The minimum absolute atomic E-state index is 0.0361. The van der Waals surface area contributed by atoms with Gasteiger partial charge in [0.05, 0.1) is 15.1 Å². The van der Waals surface area contributed by atoms with Crippen molar-refractivity contribution in [1.82, 2.24) is 4.98 Å². The van der Waals surface area contributed by atoms with E-state index in [0.29, 0.717) is 16.7 Å². The van der Waals surface area contributed by atoms with Crippen LogP contribution in [0.3, 0.4) is 0 Å². The maximum absolute atomic E-state index is 12.6. The number of benzene rings is 2. The maximum atomic E-state index is 12.6. The number of nitrogens with one attached hydrogen (secondary N) is 1. The summed E-state index contributed by atoms with van der Waals surface area (Å²) in [7, 11) is 0. The minimum atomic E-state index is -0.414. The standard InChI is InChI=1S/C20H20N4O3S/c1-13-5-4-10-23(12-13)16-9-8-14(11-17(16)24(26)27)19(25)22-20-21-15-6-2-3-7-18(15)28-20/h2-3,6-9,11,13H,4-5,10,12H2,1H3,(H,21,22,25). The number of aromatic nitrogens is 1. The lowest BCUT2D eigenvalue weighted by atomic mass is 9.99. The molecule has 0 spiro atoms. The van der Waals surface area contributed by atoms with Gasteiger partial charge in [0.25, 0.3) is 11.6 Å². The molecule has 1 fully saturated rings. The van der Waals surface area contributed by atoms with Crippen LogP contribution >= 0.6 is 11.3 Å². The van der Waals surface area contributed by atoms with Gasteiger partial charge in [0.1, 0.15) is 5.69 Å². The topological polar surface area (TPSA) is 88.4 Å². The van der Waals surface area contributed by atoms with Gasteiger partial charge in [0, 0.05) is 24.7 Å². The second kappa shape index (κ2) is 7.55. The number of nitrogens with zero attached hydrogens (tertiary/aromatic N) is 3. The fourth-order valence-electron chi connectivity index (χ4n) is 3.58. The van der Waals surface area contributed by atoms with Crippen molar-refractivity contribution in [3.05, 3.63) is 58.1 Å². The maximum Gasteiger partial charge on any atom is 0.293 e. The Balaban J connectivity index is 1.59. The summed E-state index contributed by atoms with van der Waals surface area (Å²) in [5, 5.41) is 14.9. The van der Waals surface area contributed by atoms with Crippen LogP contribution in [-0.4, -0.2) is 28.9 Å². The lowest BCUT2D eigenvalue weighted by molar-refractivity contribution is -0.384. The van der Waals surface area contributed by atoms with Gasteiger partial charge >= 0.3 is 0 Å². The molecule has 1 aromatic heterocycles. The molecule has 1 amide bonds. The van der Waals surface area contributed by atoms with Gasteiger partial charge in [0.2, 0.25) is 0 Å². The van der Waals surface area contributed by atoms with E-state index in [4.69, 9.17) is 0 Å². The molecule has 1 N–H and O–H groups in total. The Hall–Kier alpha value is -3.00. The van der Waals surface area contributed by atoms with Gasteiger partial charge in [-0.15, -0.1) is 0 Å². The third-order valence-electron chi connectivity index (χ3n) is 4.95. The number of para-hydroxylation sites is 1. The molecule has 144 valence electrons. The zero-order valence-corrected chi connectivity index (χ0v) is 16.2. The van der Waals surface area contributed by atoms with Crippen LogP contribution in [0.5, 0.6) is 0 Å². The normalized spacial score (nSPS) is 16.9. The molecule has 1 atom stereocenters. The van der Waals surface area contributed by atoms with E-state index in [9.17, 15) is 14.9 Å². The Morgan fingerprint density at radius 3 is 2.89 bits per heavy atom. The summed E-state index contributed by atoms with van der Waals surface area (Å²) >= 11 is 1.37. The SMILES string of the molecule is CC1CCCN(c2ccc(C(=O)Nc3nc4ccccc4s3)cc2[N+](=O)[O-])C1. The number of rotatable bonds is 4. The zero-order chi connectivity index (χ0) is 19.7. The number of carbonyl (C=O) groups excluding carboxylic acids is 1. The highest BCUT2D eigenvalue weighted by molar-refractivity contribution is 7.22. The van der Waals surface area contributed by atoms with Crippen LogP contribution < -0.4 is 10.2 Å². The van der Waals surface area contributed by atoms with Gasteiger partial charge in [0.15, 0.2) is 5.13 Å². The average molecular weight is 396 g/mol. The first kappa shape index (κ1) is 18.4. The molecule has 2 heterocycles. The van der Waals surface area contributed by atoms with Gasteiger partial charge in [-0.2, -0.15) is 0 Å². The Morgan fingerprint density at radius 1 is 1.32 bits per heavy atom. The molecule has 0 saturated carbocycles. The molecule has 2 aromatic carbocycles. The summed E-state index contributed by atoms with van der Waals surface area (Å²) in [5.41, 5.74) is 1.60. The van der Waals surface area contributed by atoms with E-state index in [1.807, 2.05) is 29.2 Å². The van der Waals surface area contributed by atoms with Crippen LogP contribution in [-0.2, 0) is 0 Å². The largest absolute Gasteiger partial charge is 0.366 e. The van der Waals surface area contributed by atoms with Crippen molar-refractivity contribution in [2.45, 2.75) is 19.8 Å². The molecule has 1 aliphatic rings. The number of fused-ring (bicyclic) bond motifs is 1. The number of hydrogen-bond donors (Lipinski definition) is 1. The first-order chi connectivity index (χ1) is 13.5. The minimum Gasteiger partial charge on any atom is -0.366 e. The Bertz CT molecular complexity index is 1020. The molecule has 0 bridgehead atoms. The number of hydrogen-bond acceptors (Lipinski definition) is 6. The molecule has 1 aliphatic heterocycles. The fourth-order valence-corrected chi connectivity index (χ4v) is 4.44. The number of thiazole rings is 1. The molecular weight excluding hydrogens is 376 g/mol. The van der Waals surface area contributed by atoms with Crippen LogP contribution in [0.25, 0.3) is 10.2 Å². The Labute approximate surface area is 166 Å². The number of carbonyl (C=O) groups is 1. The monoisotopic (exact) mass is 396 g/mol. The molecule has 7 nitrogen and oxygen atoms in total.